The highest BCUT2D eigenvalue weighted by molar-refractivity contribution is 4.56. The summed E-state index contributed by atoms with van der Waals surface area (Å²) in [6.45, 7) is 9.90. The van der Waals surface area contributed by atoms with E-state index in [0.717, 1.165) is 38.6 Å². The number of rotatable bonds is 9. The van der Waals surface area contributed by atoms with E-state index < -0.39 is 0 Å². The van der Waals surface area contributed by atoms with Crippen LogP contribution < -0.4 is 16.0 Å². The zero-order chi connectivity index (χ0) is 9.94. The lowest BCUT2D eigenvalue weighted by Gasteiger charge is -2.10. The second-order valence-corrected chi connectivity index (χ2v) is 3.57. The molecule has 0 rings (SSSR count). The second-order valence-electron chi connectivity index (χ2n) is 3.57. The molecule has 3 heteroatoms. The molecule has 0 aromatic heterocycles. The van der Waals surface area contributed by atoms with Gasteiger partial charge in [0.15, 0.2) is 0 Å². The lowest BCUT2D eigenvalue weighted by atomic mass is 10.1. The van der Waals surface area contributed by atoms with Gasteiger partial charge in [0.2, 0.25) is 0 Å². The first-order chi connectivity index (χ1) is 6.31. The lowest BCUT2D eigenvalue weighted by molar-refractivity contribution is 0.492. The van der Waals surface area contributed by atoms with Gasteiger partial charge in [-0.05, 0) is 19.5 Å². The molecular formula is C10H25N3. The van der Waals surface area contributed by atoms with Crippen LogP contribution in [0, 0.1) is 5.92 Å². The van der Waals surface area contributed by atoms with Crippen LogP contribution in [0.4, 0.5) is 0 Å². The minimum atomic E-state index is 0.803. The van der Waals surface area contributed by atoms with E-state index in [0.29, 0.717) is 0 Å². The Bertz CT molecular complexity index is 96.2. The molecule has 0 aliphatic carbocycles. The van der Waals surface area contributed by atoms with Gasteiger partial charge in [-0.15, -0.1) is 0 Å². The van der Waals surface area contributed by atoms with Crippen LogP contribution >= 0.6 is 0 Å². The standard InChI is InChI=1S/C10H25N3/c1-4-10(2)9-13-8-7-12-6-5-11-3/h10-13H,4-9H2,1-3H3. The first-order valence-electron chi connectivity index (χ1n) is 5.37. The largest absolute Gasteiger partial charge is 0.318 e. The fourth-order valence-electron chi connectivity index (χ4n) is 1.01. The Labute approximate surface area is 82.7 Å². The summed E-state index contributed by atoms with van der Waals surface area (Å²) in [7, 11) is 1.98. The van der Waals surface area contributed by atoms with E-state index in [9.17, 15) is 0 Å². The topological polar surface area (TPSA) is 36.1 Å². The number of likely N-dealkylation sites (N-methyl/N-ethyl adjacent to an activating group) is 1. The average molecular weight is 187 g/mol. The smallest absolute Gasteiger partial charge is 0.00772 e. The van der Waals surface area contributed by atoms with Gasteiger partial charge in [0.1, 0.15) is 0 Å². The normalized spacial score (nSPS) is 13.2. The van der Waals surface area contributed by atoms with Crippen LogP contribution in [0.25, 0.3) is 0 Å². The molecule has 0 fully saturated rings. The highest BCUT2D eigenvalue weighted by Crippen LogP contribution is 1.96. The maximum atomic E-state index is 3.43. The minimum absolute atomic E-state index is 0.803. The van der Waals surface area contributed by atoms with Gasteiger partial charge in [0.25, 0.3) is 0 Å². The second kappa shape index (κ2) is 9.96. The average Bonchev–Trinajstić information content (AvgIpc) is 2.16. The third kappa shape index (κ3) is 9.80. The van der Waals surface area contributed by atoms with E-state index in [1.165, 1.54) is 6.42 Å². The summed E-state index contributed by atoms with van der Waals surface area (Å²) in [5, 5.41) is 9.89. The monoisotopic (exact) mass is 187 g/mol. The van der Waals surface area contributed by atoms with Gasteiger partial charge < -0.3 is 16.0 Å². The van der Waals surface area contributed by atoms with Crippen molar-refractivity contribution in [2.24, 2.45) is 5.92 Å². The summed E-state index contributed by atoms with van der Waals surface area (Å²) in [5.74, 6) is 0.803. The quantitative estimate of drug-likeness (QED) is 0.458. The molecule has 0 aliphatic rings. The fraction of sp³-hybridized carbons (Fsp3) is 1.00. The molecule has 0 amide bonds. The summed E-state index contributed by atoms with van der Waals surface area (Å²) in [6.07, 6.45) is 1.26. The lowest BCUT2D eigenvalue weighted by Crippen LogP contribution is -2.33. The molecule has 0 aliphatic heterocycles. The Morgan fingerprint density at radius 1 is 1.00 bits per heavy atom. The molecule has 0 aromatic rings. The Morgan fingerprint density at radius 2 is 1.62 bits per heavy atom. The maximum Gasteiger partial charge on any atom is 0.00772 e. The number of hydrogen-bond donors (Lipinski definition) is 3. The molecule has 0 heterocycles. The van der Waals surface area contributed by atoms with E-state index in [1.54, 1.807) is 0 Å². The van der Waals surface area contributed by atoms with Crippen molar-refractivity contribution in [2.45, 2.75) is 20.3 Å². The van der Waals surface area contributed by atoms with Crippen molar-refractivity contribution in [2.75, 3.05) is 39.8 Å². The van der Waals surface area contributed by atoms with Gasteiger partial charge >= 0.3 is 0 Å². The molecule has 1 unspecified atom stereocenters. The minimum Gasteiger partial charge on any atom is -0.318 e. The van der Waals surface area contributed by atoms with Crippen LogP contribution in [-0.2, 0) is 0 Å². The predicted molar refractivity (Wildman–Crippen MR) is 59.1 cm³/mol. The SMILES string of the molecule is CCC(C)CNCCNCCNC. The molecule has 80 valence electrons. The van der Waals surface area contributed by atoms with Crippen molar-refractivity contribution >= 4 is 0 Å². The van der Waals surface area contributed by atoms with Crippen molar-refractivity contribution in [1.82, 2.24) is 16.0 Å². The van der Waals surface area contributed by atoms with Gasteiger partial charge in [-0.25, -0.2) is 0 Å². The maximum absolute atomic E-state index is 3.43. The third-order valence-corrected chi connectivity index (χ3v) is 2.22. The first kappa shape index (κ1) is 12.9. The third-order valence-electron chi connectivity index (χ3n) is 2.22. The summed E-state index contributed by atoms with van der Waals surface area (Å²) in [4.78, 5) is 0. The van der Waals surface area contributed by atoms with Gasteiger partial charge in [0.05, 0.1) is 0 Å². The Hall–Kier alpha value is -0.120. The number of nitrogens with one attached hydrogen (secondary N) is 3. The van der Waals surface area contributed by atoms with E-state index >= 15 is 0 Å². The van der Waals surface area contributed by atoms with Gasteiger partial charge in [-0.2, -0.15) is 0 Å². The van der Waals surface area contributed by atoms with Crippen LogP contribution in [-0.4, -0.2) is 39.8 Å². The fourth-order valence-corrected chi connectivity index (χ4v) is 1.01. The summed E-state index contributed by atoms with van der Waals surface area (Å²) >= 11 is 0. The molecule has 0 spiro atoms. The van der Waals surface area contributed by atoms with Gasteiger partial charge in [-0.1, -0.05) is 20.3 Å². The van der Waals surface area contributed by atoms with E-state index in [-0.39, 0.29) is 0 Å². The molecule has 1 atom stereocenters. The van der Waals surface area contributed by atoms with E-state index in [4.69, 9.17) is 0 Å². The van der Waals surface area contributed by atoms with E-state index in [1.807, 2.05) is 7.05 Å². The highest BCUT2D eigenvalue weighted by atomic mass is 15.0. The molecule has 0 saturated carbocycles. The van der Waals surface area contributed by atoms with Crippen molar-refractivity contribution in [3.05, 3.63) is 0 Å². The van der Waals surface area contributed by atoms with Crippen LogP contribution in [0.1, 0.15) is 20.3 Å². The molecule has 3 N–H and O–H groups in total. The Balaban J connectivity index is 2.91. The molecule has 0 bridgehead atoms. The van der Waals surface area contributed by atoms with E-state index in [2.05, 4.69) is 29.8 Å². The van der Waals surface area contributed by atoms with Crippen LogP contribution in [0.5, 0.6) is 0 Å². The van der Waals surface area contributed by atoms with Crippen molar-refractivity contribution in [3.8, 4) is 0 Å². The summed E-state index contributed by atoms with van der Waals surface area (Å²) in [6, 6.07) is 0. The predicted octanol–water partition coefficient (Wildman–Crippen LogP) is 0.431. The molecular weight excluding hydrogens is 162 g/mol. The number of hydrogen-bond acceptors (Lipinski definition) is 3. The summed E-state index contributed by atoms with van der Waals surface area (Å²) in [5.41, 5.74) is 0. The van der Waals surface area contributed by atoms with Gasteiger partial charge in [0, 0.05) is 26.2 Å². The van der Waals surface area contributed by atoms with Crippen molar-refractivity contribution in [3.63, 3.8) is 0 Å². The van der Waals surface area contributed by atoms with Crippen LogP contribution in [0.15, 0.2) is 0 Å². The molecule has 0 aromatic carbocycles. The van der Waals surface area contributed by atoms with Crippen LogP contribution in [0.3, 0.4) is 0 Å². The molecule has 3 nitrogen and oxygen atoms in total. The van der Waals surface area contributed by atoms with Crippen LogP contribution in [0.2, 0.25) is 0 Å². The molecule has 13 heavy (non-hydrogen) atoms. The first-order valence-corrected chi connectivity index (χ1v) is 5.37. The van der Waals surface area contributed by atoms with Crippen molar-refractivity contribution in [1.29, 1.82) is 0 Å². The molecule has 0 saturated heterocycles. The van der Waals surface area contributed by atoms with Crippen molar-refractivity contribution < 1.29 is 0 Å². The Kier molecular flexibility index (Phi) is 9.87. The zero-order valence-electron chi connectivity index (χ0n) is 9.32. The Morgan fingerprint density at radius 3 is 2.23 bits per heavy atom. The highest BCUT2D eigenvalue weighted by Gasteiger charge is 1.95. The molecule has 0 radical (unpaired) electrons. The zero-order valence-corrected chi connectivity index (χ0v) is 9.32. The van der Waals surface area contributed by atoms with Gasteiger partial charge in [-0.3, -0.25) is 0 Å². The summed E-state index contributed by atoms with van der Waals surface area (Å²) < 4.78 is 0.